The van der Waals surface area contributed by atoms with Crippen molar-refractivity contribution in [1.82, 2.24) is 5.32 Å². The molecule has 2 unspecified atom stereocenters. The van der Waals surface area contributed by atoms with Gasteiger partial charge in [-0.25, -0.2) is 0 Å². The Labute approximate surface area is 141 Å². The Kier molecular flexibility index (Phi) is 6.07. The van der Waals surface area contributed by atoms with Crippen molar-refractivity contribution in [2.75, 3.05) is 6.54 Å². The van der Waals surface area contributed by atoms with Gasteiger partial charge in [-0.2, -0.15) is 0 Å². The van der Waals surface area contributed by atoms with Crippen molar-refractivity contribution in [3.63, 3.8) is 0 Å². The third-order valence-electron chi connectivity index (χ3n) is 4.05. The van der Waals surface area contributed by atoms with Gasteiger partial charge in [-0.3, -0.25) is 4.79 Å². The molecule has 1 aromatic heterocycles. The van der Waals surface area contributed by atoms with E-state index >= 15 is 0 Å². The van der Waals surface area contributed by atoms with Gasteiger partial charge in [-0.05, 0) is 43.5 Å². The van der Waals surface area contributed by atoms with Gasteiger partial charge in [-0.15, -0.1) is 12.4 Å². The van der Waals surface area contributed by atoms with E-state index in [9.17, 15) is 4.79 Å². The van der Waals surface area contributed by atoms with Crippen molar-refractivity contribution in [1.29, 1.82) is 0 Å². The highest BCUT2D eigenvalue weighted by atomic mass is 35.5. The van der Waals surface area contributed by atoms with Crippen LogP contribution in [-0.4, -0.2) is 18.5 Å². The first-order valence-electron chi connectivity index (χ1n) is 7.60. The SMILES string of the molecule is Cl.NCC1CCCC1NC(=O)c1ccc(Oc2ccccc2)o1. The van der Waals surface area contributed by atoms with Crippen LogP contribution in [0.3, 0.4) is 0 Å². The first-order valence-corrected chi connectivity index (χ1v) is 7.60. The van der Waals surface area contributed by atoms with Gasteiger partial charge in [0.05, 0.1) is 0 Å². The Morgan fingerprint density at radius 1 is 1.22 bits per heavy atom. The van der Waals surface area contributed by atoms with Crippen molar-refractivity contribution in [3.8, 4) is 11.7 Å². The normalized spacial score (nSPS) is 19.9. The minimum atomic E-state index is -0.215. The van der Waals surface area contributed by atoms with E-state index in [1.165, 1.54) is 0 Å². The predicted octanol–water partition coefficient (Wildman–Crippen LogP) is 3.35. The fourth-order valence-corrected chi connectivity index (χ4v) is 2.85. The summed E-state index contributed by atoms with van der Waals surface area (Å²) in [5.41, 5.74) is 5.73. The Morgan fingerprint density at radius 2 is 2.00 bits per heavy atom. The highest BCUT2D eigenvalue weighted by Crippen LogP contribution is 2.26. The molecule has 1 aliphatic rings. The van der Waals surface area contributed by atoms with Crippen LogP contribution in [0.5, 0.6) is 11.7 Å². The zero-order chi connectivity index (χ0) is 15.4. The molecule has 2 atom stereocenters. The maximum atomic E-state index is 12.2. The van der Waals surface area contributed by atoms with Crippen LogP contribution in [0.15, 0.2) is 46.9 Å². The molecular weight excluding hydrogens is 316 g/mol. The van der Waals surface area contributed by atoms with Gasteiger partial charge in [0, 0.05) is 12.1 Å². The van der Waals surface area contributed by atoms with Gasteiger partial charge in [-0.1, -0.05) is 24.6 Å². The second kappa shape index (κ2) is 8.04. The van der Waals surface area contributed by atoms with Gasteiger partial charge in [0.2, 0.25) is 0 Å². The maximum absolute atomic E-state index is 12.2. The highest BCUT2D eigenvalue weighted by molar-refractivity contribution is 5.91. The molecule has 3 rings (SSSR count). The molecule has 6 heteroatoms. The summed E-state index contributed by atoms with van der Waals surface area (Å²) in [4.78, 5) is 12.2. The molecule has 3 N–H and O–H groups in total. The maximum Gasteiger partial charge on any atom is 0.290 e. The Morgan fingerprint density at radius 3 is 2.74 bits per heavy atom. The average molecular weight is 337 g/mol. The zero-order valence-corrected chi connectivity index (χ0v) is 13.6. The van der Waals surface area contributed by atoms with Crippen molar-refractivity contribution < 1.29 is 13.9 Å². The van der Waals surface area contributed by atoms with Gasteiger partial charge < -0.3 is 20.2 Å². The third-order valence-corrected chi connectivity index (χ3v) is 4.05. The number of hydrogen-bond donors (Lipinski definition) is 2. The minimum Gasteiger partial charge on any atom is -0.426 e. The lowest BCUT2D eigenvalue weighted by Crippen LogP contribution is -2.39. The molecule has 1 aromatic carbocycles. The molecule has 23 heavy (non-hydrogen) atoms. The highest BCUT2D eigenvalue weighted by Gasteiger charge is 2.28. The van der Waals surface area contributed by atoms with Gasteiger partial charge in [0.1, 0.15) is 5.75 Å². The summed E-state index contributed by atoms with van der Waals surface area (Å²) in [6.45, 7) is 0.603. The van der Waals surface area contributed by atoms with E-state index in [-0.39, 0.29) is 30.1 Å². The van der Waals surface area contributed by atoms with E-state index in [4.69, 9.17) is 14.9 Å². The van der Waals surface area contributed by atoms with E-state index in [0.717, 1.165) is 19.3 Å². The Hall–Kier alpha value is -1.98. The minimum absolute atomic E-state index is 0. The molecule has 1 aliphatic carbocycles. The number of para-hydroxylation sites is 1. The number of nitrogens with one attached hydrogen (secondary N) is 1. The standard InChI is InChI=1S/C17H20N2O3.ClH/c18-11-12-5-4-8-14(12)19-17(20)15-9-10-16(22-15)21-13-6-2-1-3-7-13;/h1-3,6-7,9-10,12,14H,4-5,8,11,18H2,(H,19,20);1H. The monoisotopic (exact) mass is 336 g/mol. The zero-order valence-electron chi connectivity index (χ0n) is 12.7. The molecule has 0 bridgehead atoms. The molecule has 0 spiro atoms. The predicted molar refractivity (Wildman–Crippen MR) is 90.1 cm³/mol. The van der Waals surface area contributed by atoms with Gasteiger partial charge >= 0.3 is 0 Å². The van der Waals surface area contributed by atoms with E-state index in [2.05, 4.69) is 5.32 Å². The molecule has 0 saturated heterocycles. The van der Waals surface area contributed by atoms with E-state index in [0.29, 0.717) is 24.2 Å². The molecule has 0 aliphatic heterocycles. The average Bonchev–Trinajstić information content (AvgIpc) is 3.17. The molecular formula is C17H21ClN2O3. The summed E-state index contributed by atoms with van der Waals surface area (Å²) in [5, 5.41) is 3.01. The molecule has 0 radical (unpaired) electrons. The molecule has 1 amide bonds. The van der Waals surface area contributed by atoms with E-state index in [1.54, 1.807) is 12.1 Å². The topological polar surface area (TPSA) is 77.5 Å². The number of furan rings is 1. The quantitative estimate of drug-likeness (QED) is 0.877. The van der Waals surface area contributed by atoms with Crippen LogP contribution >= 0.6 is 12.4 Å². The second-order valence-electron chi connectivity index (χ2n) is 5.54. The number of hydrogen-bond acceptors (Lipinski definition) is 4. The lowest BCUT2D eigenvalue weighted by molar-refractivity contribution is 0.0895. The summed E-state index contributed by atoms with van der Waals surface area (Å²) < 4.78 is 11.0. The van der Waals surface area contributed by atoms with Crippen LogP contribution in [0.2, 0.25) is 0 Å². The van der Waals surface area contributed by atoms with Gasteiger partial charge in [0.25, 0.3) is 11.9 Å². The second-order valence-corrected chi connectivity index (χ2v) is 5.54. The summed E-state index contributed by atoms with van der Waals surface area (Å²) in [7, 11) is 0. The molecule has 124 valence electrons. The number of nitrogens with two attached hydrogens (primary N) is 1. The first kappa shape index (κ1) is 17.4. The Bertz CT molecular complexity index is 630. The largest absolute Gasteiger partial charge is 0.426 e. The fourth-order valence-electron chi connectivity index (χ4n) is 2.85. The van der Waals surface area contributed by atoms with Gasteiger partial charge in [0.15, 0.2) is 5.76 Å². The molecule has 5 nitrogen and oxygen atoms in total. The first-order chi connectivity index (χ1) is 10.8. The molecule has 1 saturated carbocycles. The van der Waals surface area contributed by atoms with Crippen LogP contribution in [-0.2, 0) is 0 Å². The summed E-state index contributed by atoms with van der Waals surface area (Å²) in [6, 6.07) is 12.7. The molecule has 1 fully saturated rings. The lowest BCUT2D eigenvalue weighted by Gasteiger charge is -2.18. The van der Waals surface area contributed by atoms with Crippen molar-refractivity contribution in [3.05, 3.63) is 48.2 Å². The number of amides is 1. The molecule has 1 heterocycles. The van der Waals surface area contributed by atoms with Crippen molar-refractivity contribution in [2.45, 2.75) is 25.3 Å². The number of ether oxygens (including phenoxy) is 1. The number of carbonyl (C=O) groups is 1. The van der Waals surface area contributed by atoms with Crippen LogP contribution in [0, 0.1) is 5.92 Å². The number of carbonyl (C=O) groups excluding carboxylic acids is 1. The molecule has 2 aromatic rings. The van der Waals surface area contributed by atoms with E-state index in [1.807, 2.05) is 30.3 Å². The Balaban J connectivity index is 0.00000192. The number of rotatable bonds is 5. The number of benzene rings is 1. The van der Waals surface area contributed by atoms with Crippen LogP contribution < -0.4 is 15.8 Å². The van der Waals surface area contributed by atoms with E-state index < -0.39 is 0 Å². The van der Waals surface area contributed by atoms with Crippen molar-refractivity contribution >= 4 is 18.3 Å². The summed E-state index contributed by atoms with van der Waals surface area (Å²) in [5.74, 6) is 1.38. The lowest BCUT2D eigenvalue weighted by atomic mass is 10.0. The van der Waals surface area contributed by atoms with Crippen LogP contribution in [0.25, 0.3) is 0 Å². The fraction of sp³-hybridized carbons (Fsp3) is 0.353. The third kappa shape index (κ3) is 4.27. The van der Waals surface area contributed by atoms with Crippen LogP contribution in [0.4, 0.5) is 0 Å². The van der Waals surface area contributed by atoms with Crippen LogP contribution in [0.1, 0.15) is 29.8 Å². The summed E-state index contributed by atoms with van der Waals surface area (Å²) >= 11 is 0. The number of halogens is 1. The smallest absolute Gasteiger partial charge is 0.290 e. The summed E-state index contributed by atoms with van der Waals surface area (Å²) in [6.07, 6.45) is 3.15. The van der Waals surface area contributed by atoms with Crippen molar-refractivity contribution in [2.24, 2.45) is 11.7 Å².